The average molecular weight is 368 g/mol. The summed E-state index contributed by atoms with van der Waals surface area (Å²) < 4.78 is 0. The van der Waals surface area contributed by atoms with E-state index in [0.717, 1.165) is 16.7 Å². The predicted octanol–water partition coefficient (Wildman–Crippen LogP) is 4.20. The van der Waals surface area contributed by atoms with E-state index in [2.05, 4.69) is 0 Å². The van der Waals surface area contributed by atoms with Crippen LogP contribution in [0.4, 0.5) is 0 Å². The van der Waals surface area contributed by atoms with Gasteiger partial charge >= 0.3 is 11.9 Å². The summed E-state index contributed by atoms with van der Waals surface area (Å²) in [5, 5.41) is 17.8. The van der Waals surface area contributed by atoms with E-state index in [4.69, 9.17) is 10.2 Å². The predicted molar refractivity (Wildman–Crippen MR) is 102 cm³/mol. The Bertz CT molecular complexity index is 765. The zero-order valence-corrected chi connectivity index (χ0v) is 15.1. The Morgan fingerprint density at radius 3 is 1.93 bits per heavy atom. The largest absolute Gasteiger partial charge is 0.481 e. The molecule has 0 aliphatic carbocycles. The van der Waals surface area contributed by atoms with Crippen molar-refractivity contribution in [3.63, 3.8) is 0 Å². The molecule has 0 saturated carbocycles. The maximum Gasteiger partial charge on any atom is 0.304 e. The van der Waals surface area contributed by atoms with Crippen LogP contribution in [0.3, 0.4) is 0 Å². The van der Waals surface area contributed by atoms with Crippen LogP contribution in [0.15, 0.2) is 54.6 Å². The van der Waals surface area contributed by atoms with Crippen molar-refractivity contribution in [1.82, 2.24) is 0 Å². The van der Waals surface area contributed by atoms with Gasteiger partial charge < -0.3 is 10.2 Å². The number of hydrogen-bond donors (Lipinski definition) is 2. The minimum atomic E-state index is -1.00. The monoisotopic (exact) mass is 368 g/mol. The van der Waals surface area contributed by atoms with Crippen LogP contribution in [0.25, 0.3) is 11.1 Å². The van der Waals surface area contributed by atoms with Crippen molar-refractivity contribution in [2.75, 3.05) is 0 Å². The molecule has 1 atom stereocenters. The summed E-state index contributed by atoms with van der Waals surface area (Å²) in [6, 6.07) is 17.7. The van der Waals surface area contributed by atoms with E-state index >= 15 is 0 Å². The molecule has 0 aliphatic heterocycles. The van der Waals surface area contributed by atoms with Crippen LogP contribution in [0.5, 0.6) is 0 Å². The van der Waals surface area contributed by atoms with Crippen LogP contribution in [-0.2, 0) is 20.8 Å². The van der Waals surface area contributed by atoms with Crippen LogP contribution < -0.4 is 0 Å². The molecule has 0 fully saturated rings. The Morgan fingerprint density at radius 1 is 0.741 bits per heavy atom. The summed E-state index contributed by atoms with van der Waals surface area (Å²) in [6.07, 6.45) is 1.29. The van der Waals surface area contributed by atoms with Crippen molar-refractivity contribution in [1.29, 1.82) is 0 Å². The number of hydrogen-bond acceptors (Lipinski definition) is 3. The fraction of sp³-hybridized carbons (Fsp3) is 0.318. The molecule has 0 saturated heterocycles. The quantitative estimate of drug-likeness (QED) is 0.580. The fourth-order valence-corrected chi connectivity index (χ4v) is 3.04. The highest BCUT2D eigenvalue weighted by Crippen LogP contribution is 2.22. The molecule has 2 rings (SSSR count). The standard InChI is InChI=1S/C22H24O5/c23-20(8-4-5-9-21(24)25)19(15-22(26)27)14-16-10-12-18(13-11-16)17-6-2-1-3-7-17/h1-3,6-7,10-13,19H,4-5,8-9,14-15H2,(H,24,25)(H,26,27)/t19-/m1/s1. The number of aliphatic carboxylic acids is 2. The number of carbonyl (C=O) groups is 3. The summed E-state index contributed by atoms with van der Waals surface area (Å²) in [4.78, 5) is 34.1. The molecule has 0 spiro atoms. The molecule has 0 unspecified atom stereocenters. The zero-order chi connectivity index (χ0) is 19.6. The summed E-state index contributed by atoms with van der Waals surface area (Å²) >= 11 is 0. The van der Waals surface area contributed by atoms with Crippen LogP contribution in [0, 0.1) is 5.92 Å². The van der Waals surface area contributed by atoms with Gasteiger partial charge in [0.15, 0.2) is 0 Å². The highest BCUT2D eigenvalue weighted by Gasteiger charge is 2.21. The minimum absolute atomic E-state index is 0.0256. The van der Waals surface area contributed by atoms with Crippen molar-refractivity contribution in [2.45, 2.75) is 38.5 Å². The van der Waals surface area contributed by atoms with Gasteiger partial charge in [0.25, 0.3) is 0 Å². The molecule has 0 heterocycles. The van der Waals surface area contributed by atoms with Gasteiger partial charge in [-0.25, -0.2) is 0 Å². The van der Waals surface area contributed by atoms with E-state index in [1.54, 1.807) is 0 Å². The Labute approximate surface area is 158 Å². The first-order valence-corrected chi connectivity index (χ1v) is 9.06. The van der Waals surface area contributed by atoms with E-state index in [1.165, 1.54) is 0 Å². The maximum atomic E-state index is 12.4. The third-order valence-electron chi connectivity index (χ3n) is 4.48. The van der Waals surface area contributed by atoms with Crippen LogP contribution in [0.2, 0.25) is 0 Å². The third kappa shape index (κ3) is 7.05. The number of Topliss-reactive ketones (excluding diaryl/α,β-unsaturated/α-hetero) is 1. The van der Waals surface area contributed by atoms with E-state index in [0.29, 0.717) is 19.3 Å². The fourth-order valence-electron chi connectivity index (χ4n) is 3.04. The van der Waals surface area contributed by atoms with Gasteiger partial charge in [-0.05, 0) is 36.0 Å². The number of rotatable bonds is 11. The molecule has 0 aromatic heterocycles. The molecular formula is C22H24O5. The number of unbranched alkanes of at least 4 members (excludes halogenated alkanes) is 1. The first-order chi connectivity index (χ1) is 13.0. The molecule has 5 nitrogen and oxygen atoms in total. The lowest BCUT2D eigenvalue weighted by atomic mass is 9.89. The van der Waals surface area contributed by atoms with E-state index in [-0.39, 0.29) is 25.0 Å². The molecule has 2 aromatic carbocycles. The lowest BCUT2D eigenvalue weighted by molar-refractivity contribution is -0.140. The second-order valence-corrected chi connectivity index (χ2v) is 6.63. The Morgan fingerprint density at radius 2 is 1.33 bits per heavy atom. The molecule has 27 heavy (non-hydrogen) atoms. The lowest BCUT2D eigenvalue weighted by Gasteiger charge is -2.14. The molecule has 142 valence electrons. The first-order valence-electron chi connectivity index (χ1n) is 9.06. The number of carboxylic acids is 2. The number of carbonyl (C=O) groups excluding carboxylic acids is 1. The van der Waals surface area contributed by atoms with Gasteiger partial charge in [-0.2, -0.15) is 0 Å². The molecule has 2 aromatic rings. The molecule has 0 radical (unpaired) electrons. The molecule has 5 heteroatoms. The van der Waals surface area contributed by atoms with Gasteiger partial charge in [-0.1, -0.05) is 54.6 Å². The molecule has 0 aliphatic rings. The highest BCUT2D eigenvalue weighted by molar-refractivity contribution is 5.85. The van der Waals surface area contributed by atoms with Crippen LogP contribution in [0.1, 0.15) is 37.7 Å². The van der Waals surface area contributed by atoms with Gasteiger partial charge in [-0.3, -0.25) is 14.4 Å². The molecule has 0 amide bonds. The van der Waals surface area contributed by atoms with E-state index < -0.39 is 17.9 Å². The van der Waals surface area contributed by atoms with Gasteiger partial charge in [0.05, 0.1) is 6.42 Å². The summed E-state index contributed by atoms with van der Waals surface area (Å²) in [6.45, 7) is 0. The Balaban J connectivity index is 1.99. The van der Waals surface area contributed by atoms with Crippen LogP contribution >= 0.6 is 0 Å². The minimum Gasteiger partial charge on any atom is -0.481 e. The van der Waals surface area contributed by atoms with Gasteiger partial charge in [0.1, 0.15) is 5.78 Å². The SMILES string of the molecule is O=C(O)CCCCC(=O)[C@@H](CC(=O)O)Cc1ccc(-c2ccccc2)cc1. The normalized spacial score (nSPS) is 11.7. The molecule has 2 N–H and O–H groups in total. The van der Waals surface area contributed by atoms with Crippen molar-refractivity contribution in [2.24, 2.45) is 5.92 Å². The zero-order valence-electron chi connectivity index (χ0n) is 15.1. The van der Waals surface area contributed by atoms with E-state index in [1.807, 2.05) is 54.6 Å². The first kappa shape index (κ1) is 20.4. The molecule has 0 bridgehead atoms. The summed E-state index contributed by atoms with van der Waals surface area (Å²) in [5.41, 5.74) is 3.08. The Hall–Kier alpha value is -2.95. The Kier molecular flexibility index (Phi) is 7.74. The topological polar surface area (TPSA) is 91.7 Å². The van der Waals surface area contributed by atoms with Crippen molar-refractivity contribution >= 4 is 17.7 Å². The molecular weight excluding hydrogens is 344 g/mol. The van der Waals surface area contributed by atoms with Crippen molar-refractivity contribution in [3.8, 4) is 11.1 Å². The number of benzene rings is 2. The summed E-state index contributed by atoms with van der Waals surface area (Å²) in [5.74, 6) is -2.59. The van der Waals surface area contributed by atoms with Gasteiger partial charge in [0, 0.05) is 18.8 Å². The average Bonchev–Trinajstić information content (AvgIpc) is 2.65. The highest BCUT2D eigenvalue weighted by atomic mass is 16.4. The second kappa shape index (κ2) is 10.3. The van der Waals surface area contributed by atoms with Crippen LogP contribution in [-0.4, -0.2) is 27.9 Å². The lowest BCUT2D eigenvalue weighted by Crippen LogP contribution is -2.20. The van der Waals surface area contributed by atoms with Gasteiger partial charge in [-0.15, -0.1) is 0 Å². The maximum absolute atomic E-state index is 12.4. The van der Waals surface area contributed by atoms with E-state index in [9.17, 15) is 14.4 Å². The summed E-state index contributed by atoms with van der Waals surface area (Å²) in [7, 11) is 0. The number of carboxylic acid groups (broad SMARTS) is 2. The van der Waals surface area contributed by atoms with Crippen molar-refractivity contribution in [3.05, 3.63) is 60.2 Å². The number of ketones is 1. The second-order valence-electron chi connectivity index (χ2n) is 6.63. The van der Waals surface area contributed by atoms with Gasteiger partial charge in [0.2, 0.25) is 0 Å². The smallest absolute Gasteiger partial charge is 0.304 e. The third-order valence-corrected chi connectivity index (χ3v) is 4.48. The van der Waals surface area contributed by atoms with Crippen molar-refractivity contribution < 1.29 is 24.6 Å².